The maximum absolute atomic E-state index is 12.5. The molecular formula is C25H27ClN6O3. The Bertz CT molecular complexity index is 1290. The van der Waals surface area contributed by atoms with E-state index in [9.17, 15) is 4.79 Å². The molecule has 2 aromatic carbocycles. The fourth-order valence-electron chi connectivity index (χ4n) is 3.56. The van der Waals surface area contributed by atoms with Gasteiger partial charge in [0, 0.05) is 31.8 Å². The number of halogens is 1. The number of carbonyl (C=O) groups is 1. The summed E-state index contributed by atoms with van der Waals surface area (Å²) in [4.78, 5) is 18.9. The van der Waals surface area contributed by atoms with Crippen molar-refractivity contribution in [2.45, 2.75) is 19.4 Å². The standard InChI is InChI=1S/C25H27ClN6O3/c1-31(16-17-5-9-19(34-2)10-6-17)24-14-22(26)30-25-21(15-28-32(24)25)29-23(33)4-3-13-35-20-11-7-18(27)8-12-20/h5-12,14-15H,3-4,13,16,27H2,1-2H3,(H,29,33). The van der Waals surface area contributed by atoms with Crippen molar-refractivity contribution in [3.8, 4) is 11.5 Å². The second-order valence-electron chi connectivity index (χ2n) is 8.00. The van der Waals surface area contributed by atoms with Gasteiger partial charge in [-0.3, -0.25) is 4.79 Å². The van der Waals surface area contributed by atoms with Gasteiger partial charge >= 0.3 is 0 Å². The Hall–Kier alpha value is -3.98. The summed E-state index contributed by atoms with van der Waals surface area (Å²) in [6.07, 6.45) is 2.42. The lowest BCUT2D eigenvalue weighted by atomic mass is 10.2. The summed E-state index contributed by atoms with van der Waals surface area (Å²) in [7, 11) is 3.58. The molecule has 4 aromatic rings. The van der Waals surface area contributed by atoms with Gasteiger partial charge in [0.25, 0.3) is 0 Å². The Morgan fingerprint density at radius 3 is 2.57 bits per heavy atom. The Morgan fingerprint density at radius 2 is 1.86 bits per heavy atom. The second-order valence-corrected chi connectivity index (χ2v) is 8.39. The lowest BCUT2D eigenvalue weighted by Crippen LogP contribution is -2.20. The second kappa shape index (κ2) is 11.0. The lowest BCUT2D eigenvalue weighted by molar-refractivity contribution is -0.116. The Labute approximate surface area is 208 Å². The van der Waals surface area contributed by atoms with Crippen molar-refractivity contribution in [2.24, 2.45) is 0 Å². The first-order valence-electron chi connectivity index (χ1n) is 11.1. The van der Waals surface area contributed by atoms with Crippen LogP contribution in [0.4, 0.5) is 17.2 Å². The fourth-order valence-corrected chi connectivity index (χ4v) is 3.74. The van der Waals surface area contributed by atoms with Gasteiger partial charge in [-0.2, -0.15) is 9.61 Å². The van der Waals surface area contributed by atoms with Crippen LogP contribution in [0, 0.1) is 0 Å². The molecule has 0 saturated carbocycles. The molecule has 2 aromatic heterocycles. The Kier molecular flexibility index (Phi) is 7.57. The topological polar surface area (TPSA) is 107 Å². The van der Waals surface area contributed by atoms with Gasteiger partial charge in [-0.15, -0.1) is 0 Å². The van der Waals surface area contributed by atoms with Crippen LogP contribution in [0.1, 0.15) is 18.4 Å². The van der Waals surface area contributed by atoms with Crippen molar-refractivity contribution in [3.05, 3.63) is 71.5 Å². The highest BCUT2D eigenvalue weighted by atomic mass is 35.5. The van der Waals surface area contributed by atoms with Crippen LogP contribution in [0.15, 0.2) is 60.8 Å². The quantitative estimate of drug-likeness (QED) is 0.191. The lowest BCUT2D eigenvalue weighted by Gasteiger charge is -2.20. The van der Waals surface area contributed by atoms with Crippen LogP contribution >= 0.6 is 11.6 Å². The number of ether oxygens (including phenoxy) is 2. The van der Waals surface area contributed by atoms with Gasteiger partial charge in [0.05, 0.1) is 19.9 Å². The van der Waals surface area contributed by atoms with Crippen LogP contribution in [0.2, 0.25) is 5.15 Å². The van der Waals surface area contributed by atoms with E-state index in [1.165, 1.54) is 0 Å². The minimum atomic E-state index is -0.157. The molecule has 0 saturated heterocycles. The van der Waals surface area contributed by atoms with Crippen LogP contribution in [0.25, 0.3) is 5.65 Å². The molecule has 0 aliphatic carbocycles. The van der Waals surface area contributed by atoms with Crippen molar-refractivity contribution in [3.63, 3.8) is 0 Å². The summed E-state index contributed by atoms with van der Waals surface area (Å²) in [5.74, 6) is 2.10. The molecule has 0 bridgehead atoms. The van der Waals surface area contributed by atoms with Crippen molar-refractivity contribution in [2.75, 3.05) is 36.7 Å². The SMILES string of the molecule is COc1ccc(CN(C)c2cc(Cl)nc3c(NC(=O)CCCOc4ccc(N)cc4)cnn23)cc1. The van der Waals surface area contributed by atoms with Gasteiger partial charge in [-0.05, 0) is 48.4 Å². The first kappa shape index (κ1) is 24.2. The molecule has 35 heavy (non-hydrogen) atoms. The molecule has 1 amide bonds. The maximum atomic E-state index is 12.5. The van der Waals surface area contributed by atoms with E-state index in [0.29, 0.717) is 47.5 Å². The van der Waals surface area contributed by atoms with E-state index in [-0.39, 0.29) is 12.3 Å². The zero-order valence-electron chi connectivity index (χ0n) is 19.6. The van der Waals surface area contributed by atoms with Gasteiger partial charge in [-0.1, -0.05) is 23.7 Å². The Morgan fingerprint density at radius 1 is 1.14 bits per heavy atom. The van der Waals surface area contributed by atoms with Crippen LogP contribution < -0.4 is 25.4 Å². The third-order valence-electron chi connectivity index (χ3n) is 5.36. The molecule has 0 aliphatic rings. The van der Waals surface area contributed by atoms with Crippen LogP contribution in [0.3, 0.4) is 0 Å². The smallest absolute Gasteiger partial charge is 0.224 e. The van der Waals surface area contributed by atoms with Gasteiger partial charge < -0.3 is 25.4 Å². The number of anilines is 3. The molecular weight excluding hydrogens is 468 g/mol. The molecule has 0 unspecified atom stereocenters. The predicted octanol–water partition coefficient (Wildman–Crippen LogP) is 4.41. The summed E-state index contributed by atoms with van der Waals surface area (Å²) >= 11 is 6.31. The molecule has 9 nitrogen and oxygen atoms in total. The number of nitrogens with two attached hydrogens (primary N) is 1. The van der Waals surface area contributed by atoms with E-state index < -0.39 is 0 Å². The van der Waals surface area contributed by atoms with Crippen molar-refractivity contribution >= 4 is 40.3 Å². The maximum Gasteiger partial charge on any atom is 0.224 e. The number of hydrogen-bond acceptors (Lipinski definition) is 7. The van der Waals surface area contributed by atoms with Crippen molar-refractivity contribution in [1.82, 2.24) is 14.6 Å². The first-order chi connectivity index (χ1) is 16.9. The third kappa shape index (κ3) is 6.13. The summed E-state index contributed by atoms with van der Waals surface area (Å²) in [6, 6.07) is 16.7. The number of rotatable bonds is 10. The predicted molar refractivity (Wildman–Crippen MR) is 137 cm³/mol. The van der Waals surface area contributed by atoms with E-state index in [1.54, 1.807) is 48.2 Å². The molecule has 2 heterocycles. The largest absolute Gasteiger partial charge is 0.497 e. The van der Waals surface area contributed by atoms with E-state index in [1.807, 2.05) is 36.2 Å². The first-order valence-corrected chi connectivity index (χ1v) is 11.5. The van der Waals surface area contributed by atoms with Gasteiger partial charge in [-0.25, -0.2) is 4.98 Å². The molecule has 0 radical (unpaired) electrons. The number of benzene rings is 2. The monoisotopic (exact) mass is 494 g/mol. The zero-order valence-corrected chi connectivity index (χ0v) is 20.3. The average molecular weight is 495 g/mol. The zero-order chi connectivity index (χ0) is 24.8. The number of carbonyl (C=O) groups excluding carboxylic acids is 1. The average Bonchev–Trinajstić information content (AvgIpc) is 3.25. The van der Waals surface area contributed by atoms with Gasteiger partial charge in [0.15, 0.2) is 5.65 Å². The molecule has 3 N–H and O–H groups in total. The number of nitrogens with one attached hydrogen (secondary N) is 1. The van der Waals surface area contributed by atoms with E-state index in [4.69, 9.17) is 26.8 Å². The molecule has 0 atom stereocenters. The van der Waals surface area contributed by atoms with Gasteiger partial charge in [0.2, 0.25) is 5.91 Å². The molecule has 10 heteroatoms. The number of methoxy groups -OCH3 is 1. The highest BCUT2D eigenvalue weighted by Crippen LogP contribution is 2.25. The van der Waals surface area contributed by atoms with Crippen LogP contribution in [-0.4, -0.2) is 41.3 Å². The summed E-state index contributed by atoms with van der Waals surface area (Å²) in [6.45, 7) is 1.03. The van der Waals surface area contributed by atoms with Crippen LogP contribution in [0.5, 0.6) is 11.5 Å². The summed E-state index contributed by atoms with van der Waals surface area (Å²) in [5.41, 5.74) is 8.41. The Balaban J connectivity index is 1.39. The number of hydrogen-bond donors (Lipinski definition) is 2. The molecule has 0 fully saturated rings. The van der Waals surface area contributed by atoms with Crippen molar-refractivity contribution in [1.29, 1.82) is 0 Å². The molecule has 0 spiro atoms. The number of aromatic nitrogens is 3. The molecule has 182 valence electrons. The number of amides is 1. The summed E-state index contributed by atoms with van der Waals surface area (Å²) < 4.78 is 12.5. The van der Waals surface area contributed by atoms with E-state index >= 15 is 0 Å². The van der Waals surface area contributed by atoms with E-state index in [0.717, 1.165) is 17.1 Å². The number of nitrogen functional groups attached to an aromatic ring is 1. The van der Waals surface area contributed by atoms with Crippen molar-refractivity contribution < 1.29 is 14.3 Å². The van der Waals surface area contributed by atoms with Crippen LogP contribution in [-0.2, 0) is 11.3 Å². The highest BCUT2D eigenvalue weighted by molar-refractivity contribution is 6.29. The summed E-state index contributed by atoms with van der Waals surface area (Å²) in [5, 5.41) is 7.62. The normalized spacial score (nSPS) is 10.8. The minimum Gasteiger partial charge on any atom is -0.497 e. The van der Waals surface area contributed by atoms with E-state index in [2.05, 4.69) is 15.4 Å². The highest BCUT2D eigenvalue weighted by Gasteiger charge is 2.16. The molecule has 4 rings (SSSR count). The number of fused-ring (bicyclic) bond motifs is 1. The fraction of sp³-hybridized carbons (Fsp3) is 0.240. The third-order valence-corrected chi connectivity index (χ3v) is 5.56. The molecule has 0 aliphatic heterocycles. The van der Waals surface area contributed by atoms with Gasteiger partial charge in [0.1, 0.15) is 28.2 Å². The number of nitrogens with zero attached hydrogens (tertiary/aromatic N) is 4. The minimum absolute atomic E-state index is 0.157.